The molecule has 0 aliphatic carbocycles. The van der Waals surface area contributed by atoms with Crippen LogP contribution in [-0.2, 0) is 4.79 Å². The third-order valence-corrected chi connectivity index (χ3v) is 3.88. The van der Waals surface area contributed by atoms with Crippen LogP contribution in [0, 0.1) is 5.92 Å². The zero-order valence-electron chi connectivity index (χ0n) is 11.6. The number of benzene rings is 1. The number of carboxylic acids is 1. The number of carbonyl (C=O) groups excluding carboxylic acids is 1. The van der Waals surface area contributed by atoms with E-state index in [4.69, 9.17) is 4.74 Å². The number of ether oxygens (including phenoxy) is 1. The fraction of sp³-hybridized carbons (Fsp3) is 0.429. The molecule has 0 saturated heterocycles. The highest BCUT2D eigenvalue weighted by Crippen LogP contribution is 2.23. The van der Waals surface area contributed by atoms with E-state index in [9.17, 15) is 14.7 Å². The third-order valence-electron chi connectivity index (χ3n) is 3.18. The fourth-order valence-corrected chi connectivity index (χ4v) is 2.13. The molecule has 20 heavy (non-hydrogen) atoms. The van der Waals surface area contributed by atoms with Gasteiger partial charge in [0.05, 0.1) is 12.7 Å². The van der Waals surface area contributed by atoms with E-state index in [1.165, 1.54) is 7.11 Å². The largest absolute Gasteiger partial charge is 0.497 e. The summed E-state index contributed by atoms with van der Waals surface area (Å²) in [5.41, 5.74) is 0.346. The Bertz CT molecular complexity index is 504. The lowest BCUT2D eigenvalue weighted by molar-refractivity contribution is -0.140. The fourth-order valence-electron chi connectivity index (χ4n) is 1.71. The van der Waals surface area contributed by atoms with Crippen LogP contribution in [0.4, 0.5) is 0 Å². The van der Waals surface area contributed by atoms with Gasteiger partial charge in [-0.05, 0) is 40.0 Å². The van der Waals surface area contributed by atoms with Crippen molar-refractivity contribution >= 4 is 27.8 Å². The highest BCUT2D eigenvalue weighted by molar-refractivity contribution is 9.10. The molecule has 2 N–H and O–H groups in total. The van der Waals surface area contributed by atoms with Crippen molar-refractivity contribution in [3.63, 3.8) is 0 Å². The molecule has 0 saturated carbocycles. The summed E-state index contributed by atoms with van der Waals surface area (Å²) < 4.78 is 5.65. The molecule has 1 aromatic rings. The Morgan fingerprint density at radius 3 is 2.60 bits per heavy atom. The van der Waals surface area contributed by atoms with Gasteiger partial charge >= 0.3 is 5.97 Å². The first-order chi connectivity index (χ1) is 9.40. The Kier molecular flexibility index (Phi) is 6.01. The summed E-state index contributed by atoms with van der Waals surface area (Å²) >= 11 is 3.28. The van der Waals surface area contributed by atoms with Crippen molar-refractivity contribution in [2.45, 2.75) is 26.3 Å². The minimum Gasteiger partial charge on any atom is -0.497 e. The van der Waals surface area contributed by atoms with Gasteiger partial charge in [0.2, 0.25) is 0 Å². The molecule has 5 nitrogen and oxygen atoms in total. The van der Waals surface area contributed by atoms with Gasteiger partial charge in [-0.3, -0.25) is 4.79 Å². The Labute approximate surface area is 126 Å². The van der Waals surface area contributed by atoms with Crippen molar-refractivity contribution in [3.8, 4) is 5.75 Å². The molecule has 2 atom stereocenters. The van der Waals surface area contributed by atoms with Crippen LogP contribution in [0.15, 0.2) is 22.7 Å². The van der Waals surface area contributed by atoms with Crippen molar-refractivity contribution < 1.29 is 19.4 Å². The second-order valence-electron chi connectivity index (χ2n) is 4.52. The lowest BCUT2D eigenvalue weighted by Crippen LogP contribution is -2.45. The Balaban J connectivity index is 2.97. The number of carbonyl (C=O) groups is 2. The quantitative estimate of drug-likeness (QED) is 0.832. The van der Waals surface area contributed by atoms with Gasteiger partial charge in [0, 0.05) is 4.47 Å². The molecule has 0 heterocycles. The SMILES string of the molecule is CCC(C)C(NC(=O)c1cc(OC)ccc1Br)C(=O)O. The molecule has 110 valence electrons. The number of methoxy groups -OCH3 is 1. The van der Waals surface area contributed by atoms with E-state index in [0.29, 0.717) is 22.2 Å². The van der Waals surface area contributed by atoms with Crippen molar-refractivity contribution in [2.24, 2.45) is 5.92 Å². The number of hydrogen-bond acceptors (Lipinski definition) is 3. The monoisotopic (exact) mass is 343 g/mol. The summed E-state index contributed by atoms with van der Waals surface area (Å²) in [6.07, 6.45) is 0.663. The van der Waals surface area contributed by atoms with Gasteiger partial charge in [0.25, 0.3) is 5.91 Å². The first kappa shape index (κ1) is 16.5. The topological polar surface area (TPSA) is 75.6 Å². The predicted octanol–water partition coefficient (Wildman–Crippen LogP) is 2.69. The van der Waals surface area contributed by atoms with Gasteiger partial charge in [-0.2, -0.15) is 0 Å². The van der Waals surface area contributed by atoms with Crippen molar-refractivity contribution in [2.75, 3.05) is 7.11 Å². The first-order valence-corrected chi connectivity index (χ1v) is 7.07. The van der Waals surface area contributed by atoms with Gasteiger partial charge < -0.3 is 15.2 Å². The Hall–Kier alpha value is -1.56. The molecular weight excluding hydrogens is 326 g/mol. The molecule has 0 spiro atoms. The summed E-state index contributed by atoms with van der Waals surface area (Å²) in [7, 11) is 1.50. The molecule has 0 aromatic heterocycles. The van der Waals surface area contributed by atoms with Crippen LogP contribution in [0.5, 0.6) is 5.75 Å². The maximum Gasteiger partial charge on any atom is 0.326 e. The van der Waals surface area contributed by atoms with Gasteiger partial charge in [-0.1, -0.05) is 20.3 Å². The van der Waals surface area contributed by atoms with Crippen LogP contribution in [0.2, 0.25) is 0 Å². The lowest BCUT2D eigenvalue weighted by atomic mass is 9.99. The molecule has 1 amide bonds. The van der Waals surface area contributed by atoms with E-state index >= 15 is 0 Å². The number of nitrogens with one attached hydrogen (secondary N) is 1. The number of rotatable bonds is 6. The molecule has 1 rings (SSSR count). The highest BCUT2D eigenvalue weighted by atomic mass is 79.9. The average Bonchev–Trinajstić information content (AvgIpc) is 2.43. The molecule has 2 unspecified atom stereocenters. The molecule has 0 radical (unpaired) electrons. The number of halogens is 1. The van der Waals surface area contributed by atoms with E-state index < -0.39 is 17.9 Å². The lowest BCUT2D eigenvalue weighted by Gasteiger charge is -2.20. The van der Waals surface area contributed by atoms with Crippen LogP contribution in [-0.4, -0.2) is 30.1 Å². The minimum atomic E-state index is -1.04. The number of amides is 1. The van der Waals surface area contributed by atoms with Gasteiger partial charge in [-0.15, -0.1) is 0 Å². The molecule has 0 bridgehead atoms. The molecular formula is C14H18BrNO4. The number of carboxylic acid groups (broad SMARTS) is 1. The molecule has 0 aliphatic heterocycles. The first-order valence-electron chi connectivity index (χ1n) is 6.27. The summed E-state index contributed by atoms with van der Waals surface area (Å²) in [6, 6.07) is 4.05. The zero-order valence-corrected chi connectivity index (χ0v) is 13.2. The van der Waals surface area contributed by atoms with E-state index in [-0.39, 0.29) is 5.92 Å². The third kappa shape index (κ3) is 3.96. The minimum absolute atomic E-state index is 0.152. The van der Waals surface area contributed by atoms with Crippen LogP contribution in [0.25, 0.3) is 0 Å². The maximum atomic E-state index is 12.2. The average molecular weight is 344 g/mol. The summed E-state index contributed by atoms with van der Waals surface area (Å²) in [6.45, 7) is 3.67. The maximum absolute atomic E-state index is 12.2. The second kappa shape index (κ2) is 7.28. The smallest absolute Gasteiger partial charge is 0.326 e. The molecule has 6 heteroatoms. The second-order valence-corrected chi connectivity index (χ2v) is 5.38. The number of aliphatic carboxylic acids is 1. The van der Waals surface area contributed by atoms with Crippen molar-refractivity contribution in [1.29, 1.82) is 0 Å². The summed E-state index contributed by atoms with van der Waals surface area (Å²) in [5.74, 6) is -1.09. The van der Waals surface area contributed by atoms with Crippen molar-refractivity contribution in [1.82, 2.24) is 5.32 Å². The molecule has 0 fully saturated rings. The van der Waals surface area contributed by atoms with E-state index in [0.717, 1.165) is 0 Å². The van der Waals surface area contributed by atoms with Gasteiger partial charge in [-0.25, -0.2) is 4.79 Å². The summed E-state index contributed by atoms with van der Waals surface area (Å²) in [4.78, 5) is 23.4. The van der Waals surface area contributed by atoms with Crippen LogP contribution >= 0.6 is 15.9 Å². The Morgan fingerprint density at radius 2 is 2.10 bits per heavy atom. The van der Waals surface area contributed by atoms with E-state index in [1.807, 2.05) is 6.92 Å². The van der Waals surface area contributed by atoms with E-state index in [2.05, 4.69) is 21.2 Å². The van der Waals surface area contributed by atoms with Crippen LogP contribution in [0.3, 0.4) is 0 Å². The zero-order chi connectivity index (χ0) is 15.3. The van der Waals surface area contributed by atoms with Crippen LogP contribution < -0.4 is 10.1 Å². The van der Waals surface area contributed by atoms with Gasteiger partial charge in [0.15, 0.2) is 0 Å². The van der Waals surface area contributed by atoms with Crippen LogP contribution in [0.1, 0.15) is 30.6 Å². The standard InChI is InChI=1S/C14H18BrNO4/c1-4-8(2)12(14(18)19)16-13(17)10-7-9(20-3)5-6-11(10)15/h5-8,12H,4H2,1-3H3,(H,16,17)(H,18,19). The molecule has 1 aromatic carbocycles. The normalized spacial score (nSPS) is 13.4. The van der Waals surface area contributed by atoms with Crippen molar-refractivity contribution in [3.05, 3.63) is 28.2 Å². The highest BCUT2D eigenvalue weighted by Gasteiger charge is 2.26. The summed E-state index contributed by atoms with van der Waals surface area (Å²) in [5, 5.41) is 11.7. The van der Waals surface area contributed by atoms with Gasteiger partial charge in [0.1, 0.15) is 11.8 Å². The predicted molar refractivity (Wildman–Crippen MR) is 79.0 cm³/mol. The van der Waals surface area contributed by atoms with E-state index in [1.54, 1.807) is 25.1 Å². The Morgan fingerprint density at radius 1 is 1.45 bits per heavy atom. The number of hydrogen-bond donors (Lipinski definition) is 2. The molecule has 0 aliphatic rings.